The molecule has 1 atom stereocenters. The van der Waals surface area contributed by atoms with Gasteiger partial charge >= 0.3 is 0 Å². The highest BCUT2D eigenvalue weighted by Gasteiger charge is 2.16. The quantitative estimate of drug-likeness (QED) is 0.771. The molecule has 0 fully saturated rings. The van der Waals surface area contributed by atoms with E-state index in [1.807, 2.05) is 36.4 Å². The van der Waals surface area contributed by atoms with Crippen molar-refractivity contribution in [3.05, 3.63) is 59.7 Å². The number of hydrogen-bond acceptors (Lipinski definition) is 2. The summed E-state index contributed by atoms with van der Waals surface area (Å²) in [7, 11) is 0. The molecule has 2 rings (SSSR count). The first-order chi connectivity index (χ1) is 11.8. The number of amides is 1. The van der Waals surface area contributed by atoms with Crippen molar-refractivity contribution in [1.29, 1.82) is 0 Å². The number of rotatable bonds is 6. The van der Waals surface area contributed by atoms with Crippen LogP contribution in [0.2, 0.25) is 0 Å². The summed E-state index contributed by atoms with van der Waals surface area (Å²) in [6.07, 6.45) is 1.62. The lowest BCUT2D eigenvalue weighted by Gasteiger charge is -2.19. The lowest BCUT2D eigenvalue weighted by Crippen LogP contribution is -2.30. The molecule has 1 amide bonds. The average molecular weight is 339 g/mol. The standard InChI is InChI=1S/C22H29NO2/c1-6-7-17-8-14-20(15-9-17)25-16(2)21(24)23-19-12-10-18(11-13-19)22(3,4)5/h8-16H,6-7H2,1-5H3,(H,23,24). The molecule has 0 aliphatic rings. The third kappa shape index (κ3) is 5.63. The van der Waals surface area contributed by atoms with Crippen LogP contribution in [-0.4, -0.2) is 12.0 Å². The maximum atomic E-state index is 12.3. The number of benzene rings is 2. The number of hydrogen-bond donors (Lipinski definition) is 1. The van der Waals surface area contributed by atoms with Crippen molar-refractivity contribution in [3.63, 3.8) is 0 Å². The highest BCUT2D eigenvalue weighted by molar-refractivity contribution is 5.94. The van der Waals surface area contributed by atoms with Gasteiger partial charge in [-0.15, -0.1) is 0 Å². The molecule has 1 N–H and O–H groups in total. The topological polar surface area (TPSA) is 38.3 Å². The molecule has 0 radical (unpaired) electrons. The zero-order valence-electron chi connectivity index (χ0n) is 15.9. The van der Waals surface area contributed by atoms with E-state index < -0.39 is 6.10 Å². The Labute approximate surface area is 151 Å². The van der Waals surface area contributed by atoms with Crippen LogP contribution in [0.5, 0.6) is 5.75 Å². The van der Waals surface area contributed by atoms with Crippen molar-refractivity contribution < 1.29 is 9.53 Å². The molecular formula is C22H29NO2. The summed E-state index contributed by atoms with van der Waals surface area (Å²) in [4.78, 5) is 12.3. The molecule has 0 aliphatic carbocycles. The molecule has 2 aromatic carbocycles. The summed E-state index contributed by atoms with van der Waals surface area (Å²) in [5.74, 6) is 0.562. The van der Waals surface area contributed by atoms with Crippen LogP contribution in [0.4, 0.5) is 5.69 Å². The Morgan fingerprint density at radius 2 is 1.64 bits per heavy atom. The first-order valence-electron chi connectivity index (χ1n) is 8.96. The molecule has 134 valence electrons. The Hall–Kier alpha value is -2.29. The van der Waals surface area contributed by atoms with Gasteiger partial charge in [-0.1, -0.05) is 58.4 Å². The summed E-state index contributed by atoms with van der Waals surface area (Å²) in [6.45, 7) is 10.4. The molecule has 0 saturated carbocycles. The average Bonchev–Trinajstić information content (AvgIpc) is 2.56. The summed E-state index contributed by atoms with van der Waals surface area (Å²) < 4.78 is 5.75. The van der Waals surface area contributed by atoms with E-state index >= 15 is 0 Å². The van der Waals surface area contributed by atoms with E-state index in [2.05, 4.69) is 45.1 Å². The summed E-state index contributed by atoms with van der Waals surface area (Å²) in [5, 5.41) is 2.91. The highest BCUT2D eigenvalue weighted by atomic mass is 16.5. The Bertz CT molecular complexity index is 681. The Kier molecular flexibility index (Phi) is 6.24. The van der Waals surface area contributed by atoms with Gasteiger partial charge in [0.15, 0.2) is 6.10 Å². The van der Waals surface area contributed by atoms with Crippen LogP contribution in [0.1, 0.15) is 52.2 Å². The first kappa shape index (κ1) is 19.0. The van der Waals surface area contributed by atoms with Crippen LogP contribution in [0.15, 0.2) is 48.5 Å². The van der Waals surface area contributed by atoms with Crippen molar-refractivity contribution in [3.8, 4) is 5.75 Å². The van der Waals surface area contributed by atoms with Gasteiger partial charge in [0, 0.05) is 5.69 Å². The molecule has 0 aliphatic heterocycles. The largest absolute Gasteiger partial charge is 0.481 e. The smallest absolute Gasteiger partial charge is 0.265 e. The Morgan fingerprint density at radius 1 is 1.04 bits per heavy atom. The van der Waals surface area contributed by atoms with Gasteiger partial charge in [-0.2, -0.15) is 0 Å². The maximum absolute atomic E-state index is 12.3. The SMILES string of the molecule is CCCc1ccc(OC(C)C(=O)Nc2ccc(C(C)(C)C)cc2)cc1. The van der Waals surface area contributed by atoms with E-state index in [1.165, 1.54) is 11.1 Å². The van der Waals surface area contributed by atoms with E-state index in [1.54, 1.807) is 6.92 Å². The van der Waals surface area contributed by atoms with Crippen molar-refractivity contribution in [1.82, 2.24) is 0 Å². The minimum Gasteiger partial charge on any atom is -0.481 e. The fraction of sp³-hybridized carbons (Fsp3) is 0.409. The van der Waals surface area contributed by atoms with E-state index in [0.29, 0.717) is 5.75 Å². The van der Waals surface area contributed by atoms with Gasteiger partial charge in [0.05, 0.1) is 0 Å². The predicted molar refractivity (Wildman–Crippen MR) is 104 cm³/mol. The minimum absolute atomic E-state index is 0.100. The summed E-state index contributed by atoms with van der Waals surface area (Å²) in [6, 6.07) is 15.9. The molecule has 0 spiro atoms. The van der Waals surface area contributed by atoms with Crippen LogP contribution in [0.25, 0.3) is 0 Å². The van der Waals surface area contributed by atoms with Gasteiger partial charge in [-0.05, 0) is 54.2 Å². The third-order valence-corrected chi connectivity index (χ3v) is 4.16. The molecule has 0 heterocycles. The number of carbonyl (C=O) groups excluding carboxylic acids is 1. The molecule has 1 unspecified atom stereocenters. The molecule has 0 aromatic heterocycles. The fourth-order valence-corrected chi connectivity index (χ4v) is 2.58. The number of aryl methyl sites for hydroxylation is 1. The Balaban J connectivity index is 1.93. The predicted octanol–water partition coefficient (Wildman–Crippen LogP) is 5.34. The monoisotopic (exact) mass is 339 g/mol. The van der Waals surface area contributed by atoms with Crippen molar-refractivity contribution >= 4 is 11.6 Å². The summed E-state index contributed by atoms with van der Waals surface area (Å²) >= 11 is 0. The van der Waals surface area contributed by atoms with Gasteiger partial charge in [-0.25, -0.2) is 0 Å². The lowest BCUT2D eigenvalue weighted by molar-refractivity contribution is -0.122. The molecule has 3 nitrogen and oxygen atoms in total. The second-order valence-corrected chi connectivity index (χ2v) is 7.47. The zero-order valence-corrected chi connectivity index (χ0v) is 15.9. The van der Waals surface area contributed by atoms with E-state index in [-0.39, 0.29) is 11.3 Å². The maximum Gasteiger partial charge on any atom is 0.265 e. The van der Waals surface area contributed by atoms with E-state index in [0.717, 1.165) is 18.5 Å². The van der Waals surface area contributed by atoms with Crippen molar-refractivity contribution in [2.75, 3.05) is 5.32 Å². The summed E-state index contributed by atoms with van der Waals surface area (Å²) in [5.41, 5.74) is 3.41. The number of nitrogens with one attached hydrogen (secondary N) is 1. The van der Waals surface area contributed by atoms with Gasteiger partial charge in [0.2, 0.25) is 0 Å². The van der Waals surface area contributed by atoms with Crippen LogP contribution in [0.3, 0.4) is 0 Å². The van der Waals surface area contributed by atoms with Crippen molar-refractivity contribution in [2.24, 2.45) is 0 Å². The normalized spacial score (nSPS) is 12.5. The zero-order chi connectivity index (χ0) is 18.4. The molecule has 3 heteroatoms. The highest BCUT2D eigenvalue weighted by Crippen LogP contribution is 2.23. The molecule has 0 saturated heterocycles. The number of carbonyl (C=O) groups is 1. The molecule has 25 heavy (non-hydrogen) atoms. The second-order valence-electron chi connectivity index (χ2n) is 7.47. The fourth-order valence-electron chi connectivity index (χ4n) is 2.58. The van der Waals surface area contributed by atoms with Gasteiger partial charge < -0.3 is 10.1 Å². The minimum atomic E-state index is -0.556. The van der Waals surface area contributed by atoms with E-state index in [4.69, 9.17) is 4.74 Å². The Morgan fingerprint density at radius 3 is 2.16 bits per heavy atom. The van der Waals surface area contributed by atoms with Crippen LogP contribution in [0, 0.1) is 0 Å². The number of anilines is 1. The molecule has 0 bridgehead atoms. The second kappa shape index (κ2) is 8.19. The lowest BCUT2D eigenvalue weighted by atomic mass is 9.87. The van der Waals surface area contributed by atoms with Crippen molar-refractivity contribution in [2.45, 2.75) is 59.0 Å². The van der Waals surface area contributed by atoms with Gasteiger partial charge in [0.1, 0.15) is 5.75 Å². The van der Waals surface area contributed by atoms with Gasteiger partial charge in [0.25, 0.3) is 5.91 Å². The molecular weight excluding hydrogens is 310 g/mol. The first-order valence-corrected chi connectivity index (χ1v) is 8.96. The van der Waals surface area contributed by atoms with Crippen LogP contribution < -0.4 is 10.1 Å². The third-order valence-electron chi connectivity index (χ3n) is 4.16. The van der Waals surface area contributed by atoms with Gasteiger partial charge in [-0.3, -0.25) is 4.79 Å². The van der Waals surface area contributed by atoms with E-state index in [9.17, 15) is 4.79 Å². The van der Waals surface area contributed by atoms with Crippen LogP contribution in [-0.2, 0) is 16.6 Å². The molecule has 2 aromatic rings. The number of ether oxygens (including phenoxy) is 1. The van der Waals surface area contributed by atoms with Crippen LogP contribution >= 0.6 is 0 Å².